The van der Waals surface area contributed by atoms with E-state index in [1.165, 1.54) is 26.2 Å². The highest BCUT2D eigenvalue weighted by Crippen LogP contribution is 2.06. The maximum Gasteiger partial charge on any atom is 0.306 e. The van der Waals surface area contributed by atoms with Gasteiger partial charge in [0.25, 0.3) is 0 Å². The summed E-state index contributed by atoms with van der Waals surface area (Å²) in [6.45, 7) is 2.79. The fraction of sp³-hybridized carbons (Fsp3) is 0.600. The molecule has 0 heterocycles. The molecule has 0 aromatic heterocycles. The normalized spacial score (nSPS) is 15.0. The molecule has 0 spiro atoms. The second-order valence-electron chi connectivity index (χ2n) is 7.48. The Labute approximate surface area is 192 Å². The first-order valence-electron chi connectivity index (χ1n) is 11.4. The van der Waals surface area contributed by atoms with E-state index < -0.39 is 36.9 Å². The van der Waals surface area contributed by atoms with Gasteiger partial charge in [-0.3, -0.25) is 9.59 Å². The van der Waals surface area contributed by atoms with Crippen LogP contribution in [-0.2, 0) is 19.1 Å². The molecule has 0 saturated heterocycles. The summed E-state index contributed by atoms with van der Waals surface area (Å²) in [5, 5.41) is 28.9. The fourth-order valence-electron chi connectivity index (χ4n) is 2.59. The van der Waals surface area contributed by atoms with Crippen molar-refractivity contribution in [2.24, 2.45) is 0 Å². The minimum Gasteiger partial charge on any atom is -0.462 e. The highest BCUT2D eigenvalue weighted by molar-refractivity contribution is 5.69. The molecule has 0 aromatic carbocycles. The summed E-state index contributed by atoms with van der Waals surface area (Å²) in [5.41, 5.74) is 0. The molecule has 0 aliphatic heterocycles. The summed E-state index contributed by atoms with van der Waals surface area (Å²) in [6.07, 6.45) is 18.5. The van der Waals surface area contributed by atoms with Crippen LogP contribution >= 0.6 is 0 Å². The number of hydrogen-bond donors (Lipinski definition) is 3. The Morgan fingerprint density at radius 3 is 2.25 bits per heavy atom. The molecular formula is C25H40O7. The lowest BCUT2D eigenvalue weighted by Crippen LogP contribution is -2.28. The molecule has 0 amide bonds. The first-order valence-corrected chi connectivity index (χ1v) is 11.4. The van der Waals surface area contributed by atoms with Crippen molar-refractivity contribution in [1.82, 2.24) is 0 Å². The number of carbonyl (C=O) groups is 2. The maximum absolute atomic E-state index is 11.7. The first kappa shape index (κ1) is 29.8. The van der Waals surface area contributed by atoms with Crippen LogP contribution < -0.4 is 0 Å². The van der Waals surface area contributed by atoms with Gasteiger partial charge in [-0.15, -0.1) is 0 Å². The van der Waals surface area contributed by atoms with Gasteiger partial charge >= 0.3 is 11.9 Å². The lowest BCUT2D eigenvalue weighted by Gasteiger charge is -2.15. The molecule has 0 bridgehead atoms. The Morgan fingerprint density at radius 1 is 0.938 bits per heavy atom. The first-order chi connectivity index (χ1) is 15.4. The van der Waals surface area contributed by atoms with E-state index >= 15 is 0 Å². The van der Waals surface area contributed by atoms with Gasteiger partial charge in [0.15, 0.2) is 6.10 Å². The predicted molar refractivity (Wildman–Crippen MR) is 125 cm³/mol. The number of hydrogen-bond acceptors (Lipinski definition) is 7. The Hall–Kier alpha value is -2.22. The van der Waals surface area contributed by atoms with Crippen molar-refractivity contribution in [3.8, 4) is 0 Å². The largest absolute Gasteiger partial charge is 0.462 e. The van der Waals surface area contributed by atoms with E-state index in [-0.39, 0.29) is 13.0 Å². The SMILES string of the molecule is CCCCC/C=C\C[C@H](O)/C=C/C=C/C=C\[C@H](O)CCCC(=O)O[C@@H](CO)COC(C)=O. The van der Waals surface area contributed by atoms with Crippen LogP contribution in [0, 0.1) is 0 Å². The zero-order chi connectivity index (χ0) is 24.0. The van der Waals surface area contributed by atoms with Crippen molar-refractivity contribution in [3.05, 3.63) is 48.6 Å². The van der Waals surface area contributed by atoms with Crippen LogP contribution in [0.2, 0.25) is 0 Å². The zero-order valence-corrected chi connectivity index (χ0v) is 19.4. The van der Waals surface area contributed by atoms with Crippen molar-refractivity contribution >= 4 is 11.9 Å². The van der Waals surface area contributed by atoms with Gasteiger partial charge in [-0.05, 0) is 32.1 Å². The third kappa shape index (κ3) is 19.7. The average Bonchev–Trinajstić information content (AvgIpc) is 2.75. The monoisotopic (exact) mass is 452 g/mol. The Bertz CT molecular complexity index is 607. The van der Waals surface area contributed by atoms with E-state index in [1.54, 1.807) is 36.5 Å². The van der Waals surface area contributed by atoms with Crippen molar-refractivity contribution < 1.29 is 34.4 Å². The number of ether oxygens (including phenoxy) is 2. The van der Waals surface area contributed by atoms with E-state index in [0.717, 1.165) is 6.42 Å². The molecule has 0 aliphatic carbocycles. The molecule has 3 atom stereocenters. The Balaban J connectivity index is 3.98. The number of rotatable bonds is 18. The molecule has 182 valence electrons. The molecule has 0 aliphatic rings. The lowest BCUT2D eigenvalue weighted by atomic mass is 10.1. The summed E-state index contributed by atoms with van der Waals surface area (Å²) < 4.78 is 9.72. The minimum atomic E-state index is -0.880. The number of carbonyl (C=O) groups excluding carboxylic acids is 2. The fourth-order valence-corrected chi connectivity index (χ4v) is 2.59. The summed E-state index contributed by atoms with van der Waals surface area (Å²) in [5.74, 6) is -1.03. The molecule has 0 aromatic rings. The Morgan fingerprint density at radius 2 is 1.62 bits per heavy atom. The van der Waals surface area contributed by atoms with E-state index in [0.29, 0.717) is 19.3 Å². The molecule has 0 fully saturated rings. The van der Waals surface area contributed by atoms with Crippen molar-refractivity contribution in [2.45, 2.75) is 83.5 Å². The molecule has 0 rings (SSSR count). The summed E-state index contributed by atoms with van der Waals surface area (Å²) >= 11 is 0. The van der Waals surface area contributed by atoms with Crippen LogP contribution in [0.3, 0.4) is 0 Å². The molecular weight excluding hydrogens is 412 g/mol. The molecule has 0 saturated carbocycles. The van der Waals surface area contributed by atoms with Crippen LogP contribution in [0.5, 0.6) is 0 Å². The third-order valence-electron chi connectivity index (χ3n) is 4.37. The summed E-state index contributed by atoms with van der Waals surface area (Å²) in [6, 6.07) is 0. The van der Waals surface area contributed by atoms with Crippen molar-refractivity contribution in [2.75, 3.05) is 13.2 Å². The summed E-state index contributed by atoms with van der Waals surface area (Å²) in [4.78, 5) is 22.5. The average molecular weight is 453 g/mol. The number of aliphatic hydroxyl groups excluding tert-OH is 3. The van der Waals surface area contributed by atoms with Gasteiger partial charge in [-0.1, -0.05) is 68.4 Å². The van der Waals surface area contributed by atoms with Gasteiger partial charge in [0.05, 0.1) is 18.8 Å². The smallest absolute Gasteiger partial charge is 0.306 e. The zero-order valence-electron chi connectivity index (χ0n) is 19.4. The van der Waals surface area contributed by atoms with E-state index in [9.17, 15) is 19.8 Å². The molecule has 3 N–H and O–H groups in total. The quantitative estimate of drug-likeness (QED) is 0.126. The minimum absolute atomic E-state index is 0.0883. The van der Waals surface area contributed by atoms with Crippen LogP contribution in [0.4, 0.5) is 0 Å². The van der Waals surface area contributed by atoms with Crippen LogP contribution in [0.25, 0.3) is 0 Å². The van der Waals surface area contributed by atoms with Gasteiger partial charge in [0.1, 0.15) is 6.61 Å². The Kier molecular flexibility index (Phi) is 19.2. The molecule has 0 unspecified atom stereocenters. The van der Waals surface area contributed by atoms with Gasteiger partial charge in [0.2, 0.25) is 0 Å². The van der Waals surface area contributed by atoms with Gasteiger partial charge in [-0.25, -0.2) is 0 Å². The second-order valence-corrected chi connectivity index (χ2v) is 7.48. The molecule has 0 radical (unpaired) electrons. The molecule has 7 heteroatoms. The highest BCUT2D eigenvalue weighted by atomic mass is 16.6. The van der Waals surface area contributed by atoms with Crippen molar-refractivity contribution in [3.63, 3.8) is 0 Å². The second kappa shape index (κ2) is 20.7. The van der Waals surface area contributed by atoms with E-state index in [4.69, 9.17) is 14.6 Å². The highest BCUT2D eigenvalue weighted by Gasteiger charge is 2.15. The lowest BCUT2D eigenvalue weighted by molar-refractivity contribution is -0.160. The van der Waals surface area contributed by atoms with Crippen LogP contribution in [-0.4, -0.2) is 58.8 Å². The topological polar surface area (TPSA) is 113 Å². The van der Waals surface area contributed by atoms with E-state index in [2.05, 4.69) is 13.0 Å². The molecule has 7 nitrogen and oxygen atoms in total. The summed E-state index contributed by atoms with van der Waals surface area (Å²) in [7, 11) is 0. The maximum atomic E-state index is 11.7. The van der Waals surface area contributed by atoms with Gasteiger partial charge < -0.3 is 24.8 Å². The van der Waals surface area contributed by atoms with E-state index in [1.807, 2.05) is 6.08 Å². The number of aliphatic hydroxyl groups is 3. The number of allylic oxidation sites excluding steroid dienone is 5. The standard InChI is InChI=1S/C25H40O7/c1-3-4-5-6-7-10-14-22(28)15-11-8-9-12-16-23(29)17-13-18-25(30)32-24(19-26)20-31-21(2)27/h7-12,15-16,22-24,26,28-29H,3-6,13-14,17-20H2,1-2H3/b9-8+,10-7-,15-11+,16-12-/t22-,23-,24-/m0/s1. The van der Waals surface area contributed by atoms with Crippen LogP contribution in [0.1, 0.15) is 65.2 Å². The van der Waals surface area contributed by atoms with Crippen molar-refractivity contribution in [1.29, 1.82) is 0 Å². The molecule has 32 heavy (non-hydrogen) atoms. The number of unbranched alkanes of at least 4 members (excludes halogenated alkanes) is 3. The van der Waals surface area contributed by atoms with Crippen LogP contribution in [0.15, 0.2) is 48.6 Å². The number of esters is 2. The third-order valence-corrected chi connectivity index (χ3v) is 4.37. The predicted octanol–water partition coefficient (Wildman–Crippen LogP) is 3.54. The van der Waals surface area contributed by atoms with Gasteiger partial charge in [0, 0.05) is 13.3 Å². The van der Waals surface area contributed by atoms with Gasteiger partial charge in [-0.2, -0.15) is 0 Å².